The van der Waals surface area contributed by atoms with Gasteiger partial charge in [0.2, 0.25) is 10.0 Å². The Morgan fingerprint density at radius 2 is 2.08 bits per heavy atom. The second-order valence-electron chi connectivity index (χ2n) is 5.42. The van der Waals surface area contributed by atoms with Crippen LogP contribution in [0, 0.1) is 6.92 Å². The van der Waals surface area contributed by atoms with Crippen LogP contribution < -0.4 is 4.72 Å². The number of alkyl halides is 3. The van der Waals surface area contributed by atoms with Crippen LogP contribution in [0.25, 0.3) is 10.6 Å². The highest BCUT2D eigenvalue weighted by atomic mass is 32.2. The Bertz CT molecular complexity index is 989. The molecule has 0 aromatic carbocycles. The fraction of sp³-hybridized carbons (Fsp3) is 0.267. The summed E-state index contributed by atoms with van der Waals surface area (Å²) in [4.78, 5) is 1.96. The van der Waals surface area contributed by atoms with Gasteiger partial charge in [-0.2, -0.15) is 18.3 Å². The number of sulfonamides is 1. The molecular formula is C15H14F3N3O2S3. The summed E-state index contributed by atoms with van der Waals surface area (Å²) < 4.78 is 65.5. The molecule has 0 aliphatic heterocycles. The minimum absolute atomic E-state index is 0.0558. The van der Waals surface area contributed by atoms with E-state index in [2.05, 4.69) is 9.82 Å². The molecule has 3 rings (SSSR count). The zero-order valence-corrected chi connectivity index (χ0v) is 15.9. The number of hydrogen-bond acceptors (Lipinski definition) is 5. The summed E-state index contributed by atoms with van der Waals surface area (Å²) in [6, 6.07) is 6.03. The van der Waals surface area contributed by atoms with E-state index >= 15 is 0 Å². The zero-order valence-electron chi connectivity index (χ0n) is 13.4. The molecule has 0 saturated heterocycles. The second kappa shape index (κ2) is 7.14. The van der Waals surface area contributed by atoms with Crippen LogP contribution in [-0.4, -0.2) is 25.2 Å². The number of halogens is 3. The minimum Gasteiger partial charge on any atom is -0.273 e. The van der Waals surface area contributed by atoms with Gasteiger partial charge in [-0.1, -0.05) is 6.07 Å². The van der Waals surface area contributed by atoms with Crippen molar-refractivity contribution >= 4 is 32.7 Å². The Morgan fingerprint density at radius 3 is 2.69 bits per heavy atom. The molecule has 3 aromatic heterocycles. The monoisotopic (exact) mass is 421 g/mol. The fourth-order valence-corrected chi connectivity index (χ4v) is 5.58. The van der Waals surface area contributed by atoms with Gasteiger partial charge in [-0.05, 0) is 36.9 Å². The summed E-state index contributed by atoms with van der Waals surface area (Å²) in [6.45, 7) is 1.85. The van der Waals surface area contributed by atoms with Crippen LogP contribution in [0.4, 0.5) is 13.2 Å². The van der Waals surface area contributed by atoms with Gasteiger partial charge in [0.05, 0.1) is 9.77 Å². The van der Waals surface area contributed by atoms with Gasteiger partial charge in [0.15, 0.2) is 0 Å². The molecule has 3 heterocycles. The van der Waals surface area contributed by atoms with Gasteiger partial charge in [-0.15, -0.1) is 22.7 Å². The number of H-pyrrole nitrogens is 1. The highest BCUT2D eigenvalue weighted by Gasteiger charge is 2.33. The molecule has 0 amide bonds. The van der Waals surface area contributed by atoms with Crippen LogP contribution in [0.2, 0.25) is 0 Å². The van der Waals surface area contributed by atoms with Gasteiger partial charge in [0.1, 0.15) is 11.4 Å². The first-order valence-corrected chi connectivity index (χ1v) is 10.6. The van der Waals surface area contributed by atoms with E-state index in [1.807, 2.05) is 22.6 Å². The standard InChI is InChI=1S/C15H14F3N3O2S3/c1-9-13(26(22,23)19-5-4-10-3-2-6-24-10)8-12(25-9)11-7-14(21-20-11)15(16,17)18/h2-3,6-8,19H,4-5H2,1H3,(H,20,21). The van der Waals surface area contributed by atoms with Crippen LogP contribution in [0.15, 0.2) is 34.5 Å². The normalized spacial score (nSPS) is 12.6. The second-order valence-corrected chi connectivity index (χ2v) is 9.45. The highest BCUT2D eigenvalue weighted by Crippen LogP contribution is 2.35. The molecule has 3 aromatic rings. The average Bonchev–Trinajstić information content (AvgIpc) is 3.25. The average molecular weight is 421 g/mol. The third kappa shape index (κ3) is 4.17. The Hall–Kier alpha value is -1.69. The summed E-state index contributed by atoms with van der Waals surface area (Å²) in [6.07, 6.45) is -3.96. The number of hydrogen-bond donors (Lipinski definition) is 2. The van der Waals surface area contributed by atoms with Crippen molar-refractivity contribution < 1.29 is 21.6 Å². The molecule has 0 unspecified atom stereocenters. The number of rotatable bonds is 6. The number of aromatic nitrogens is 2. The summed E-state index contributed by atoms with van der Waals surface area (Å²) in [5, 5.41) is 7.48. The van der Waals surface area contributed by atoms with Gasteiger partial charge >= 0.3 is 6.18 Å². The number of nitrogens with one attached hydrogen (secondary N) is 2. The molecule has 11 heteroatoms. The van der Waals surface area contributed by atoms with E-state index in [-0.39, 0.29) is 17.1 Å². The first-order valence-electron chi connectivity index (χ1n) is 7.42. The Morgan fingerprint density at radius 1 is 1.31 bits per heavy atom. The largest absolute Gasteiger partial charge is 0.432 e. The van der Waals surface area contributed by atoms with E-state index in [1.54, 1.807) is 18.3 Å². The van der Waals surface area contributed by atoms with Crippen LogP contribution in [0.5, 0.6) is 0 Å². The highest BCUT2D eigenvalue weighted by molar-refractivity contribution is 7.89. The number of aromatic amines is 1. The van der Waals surface area contributed by atoms with Gasteiger partial charge in [-0.25, -0.2) is 13.1 Å². The van der Waals surface area contributed by atoms with Crippen LogP contribution in [0.1, 0.15) is 15.4 Å². The van der Waals surface area contributed by atoms with Crippen LogP contribution >= 0.6 is 22.7 Å². The van der Waals surface area contributed by atoms with Crippen molar-refractivity contribution in [1.82, 2.24) is 14.9 Å². The van der Waals surface area contributed by atoms with Gasteiger partial charge in [0, 0.05) is 16.3 Å². The predicted molar refractivity (Wildman–Crippen MR) is 94.9 cm³/mol. The molecule has 0 saturated carbocycles. The third-order valence-corrected chi connectivity index (χ3v) is 7.27. The summed E-state index contributed by atoms with van der Waals surface area (Å²) in [5.41, 5.74) is -0.914. The first kappa shape index (κ1) is 19.1. The van der Waals surface area contributed by atoms with E-state index < -0.39 is 21.9 Å². The lowest BCUT2D eigenvalue weighted by Crippen LogP contribution is -2.25. The molecule has 0 spiro atoms. The van der Waals surface area contributed by atoms with Crippen LogP contribution in [0.3, 0.4) is 0 Å². The van der Waals surface area contributed by atoms with E-state index in [0.717, 1.165) is 22.3 Å². The van der Waals surface area contributed by atoms with Gasteiger partial charge < -0.3 is 0 Å². The smallest absolute Gasteiger partial charge is 0.273 e. The molecule has 26 heavy (non-hydrogen) atoms. The minimum atomic E-state index is -4.53. The first-order chi connectivity index (χ1) is 12.2. The SMILES string of the molecule is Cc1sc(-c2cc(C(F)(F)F)[nH]n2)cc1S(=O)(=O)NCCc1cccs1. The maximum absolute atomic E-state index is 12.7. The Labute approximate surface area is 155 Å². The summed E-state index contributed by atoms with van der Waals surface area (Å²) >= 11 is 2.62. The fourth-order valence-electron chi connectivity index (χ4n) is 2.29. The lowest BCUT2D eigenvalue weighted by Gasteiger charge is -2.05. The Kier molecular flexibility index (Phi) is 5.24. The van der Waals surface area contributed by atoms with E-state index in [9.17, 15) is 21.6 Å². The van der Waals surface area contributed by atoms with Crippen molar-refractivity contribution in [2.24, 2.45) is 0 Å². The van der Waals surface area contributed by atoms with Gasteiger partial charge in [0.25, 0.3) is 0 Å². The zero-order chi connectivity index (χ0) is 18.9. The molecule has 0 aliphatic rings. The third-order valence-electron chi connectivity index (χ3n) is 3.54. The molecule has 0 atom stereocenters. The van der Waals surface area contributed by atoms with Crippen LogP contribution in [-0.2, 0) is 22.6 Å². The maximum atomic E-state index is 12.7. The van der Waals surface area contributed by atoms with Crippen molar-refractivity contribution in [3.8, 4) is 10.6 Å². The van der Waals surface area contributed by atoms with Crippen molar-refractivity contribution in [1.29, 1.82) is 0 Å². The molecule has 5 nitrogen and oxygen atoms in total. The number of nitrogens with zero attached hydrogens (tertiary/aromatic N) is 1. The molecule has 140 valence electrons. The number of thiophene rings is 2. The van der Waals surface area contributed by atoms with Crippen molar-refractivity contribution in [2.75, 3.05) is 6.54 Å². The van der Waals surface area contributed by atoms with Crippen molar-refractivity contribution in [2.45, 2.75) is 24.4 Å². The quantitative estimate of drug-likeness (QED) is 0.631. The van der Waals surface area contributed by atoms with E-state index in [4.69, 9.17) is 0 Å². The molecule has 0 fully saturated rings. The predicted octanol–water partition coefficient (Wildman–Crippen LogP) is 4.05. The van der Waals surface area contributed by atoms with Crippen molar-refractivity contribution in [3.63, 3.8) is 0 Å². The molecule has 2 N–H and O–H groups in total. The lowest BCUT2D eigenvalue weighted by atomic mass is 10.3. The Balaban J connectivity index is 1.77. The summed E-state index contributed by atoms with van der Waals surface area (Å²) in [7, 11) is -3.75. The summed E-state index contributed by atoms with van der Waals surface area (Å²) in [5.74, 6) is 0. The van der Waals surface area contributed by atoms with E-state index in [1.165, 1.54) is 6.07 Å². The molecule has 0 bridgehead atoms. The molecule has 0 radical (unpaired) electrons. The topological polar surface area (TPSA) is 74.8 Å². The number of aryl methyl sites for hydroxylation is 1. The molecule has 0 aliphatic carbocycles. The maximum Gasteiger partial charge on any atom is 0.432 e. The van der Waals surface area contributed by atoms with Gasteiger partial charge in [-0.3, -0.25) is 5.10 Å². The lowest BCUT2D eigenvalue weighted by molar-refractivity contribution is -0.141. The molecular weight excluding hydrogens is 407 g/mol. The van der Waals surface area contributed by atoms with E-state index in [0.29, 0.717) is 16.2 Å². The van der Waals surface area contributed by atoms with Crippen molar-refractivity contribution in [3.05, 3.63) is 45.1 Å².